The lowest BCUT2D eigenvalue weighted by Crippen LogP contribution is -2.33. The Morgan fingerprint density at radius 1 is 1.62 bits per heavy atom. The lowest BCUT2D eigenvalue weighted by atomic mass is 10.3. The maximum atomic E-state index is 11.5. The predicted molar refractivity (Wildman–Crippen MR) is 60.7 cm³/mol. The van der Waals surface area contributed by atoms with Crippen LogP contribution in [0.4, 0.5) is 0 Å². The van der Waals surface area contributed by atoms with E-state index in [1.807, 2.05) is 0 Å². The predicted octanol–water partition coefficient (Wildman–Crippen LogP) is -0.733. The molecule has 1 aromatic heterocycles. The van der Waals surface area contributed by atoms with Crippen LogP contribution in [0.3, 0.4) is 0 Å². The van der Waals surface area contributed by atoms with Gasteiger partial charge in [-0.2, -0.15) is 5.10 Å². The van der Waals surface area contributed by atoms with E-state index in [2.05, 4.69) is 15.5 Å². The van der Waals surface area contributed by atoms with Crippen LogP contribution in [0.15, 0.2) is 16.9 Å². The Hall–Kier alpha value is -1.50. The summed E-state index contributed by atoms with van der Waals surface area (Å²) in [5.41, 5.74) is -0.228. The molecule has 0 radical (unpaired) electrons. The molecule has 0 aliphatic carbocycles. The smallest absolute Gasteiger partial charge is 0.271 e. The van der Waals surface area contributed by atoms with Crippen LogP contribution in [0, 0.1) is 0 Å². The zero-order valence-electron chi connectivity index (χ0n) is 9.02. The van der Waals surface area contributed by atoms with Crippen LogP contribution in [0.1, 0.15) is 17.4 Å². The van der Waals surface area contributed by atoms with E-state index >= 15 is 0 Å². The van der Waals surface area contributed by atoms with Crippen molar-refractivity contribution < 1.29 is 9.00 Å². The molecule has 0 spiro atoms. The molecule has 1 aromatic rings. The van der Waals surface area contributed by atoms with Crippen molar-refractivity contribution in [2.45, 2.75) is 12.2 Å². The van der Waals surface area contributed by atoms with E-state index in [0.29, 0.717) is 6.54 Å². The number of hydrogen-bond acceptors (Lipinski definition) is 4. The summed E-state index contributed by atoms with van der Waals surface area (Å²) in [5.74, 6) is -0.395. The summed E-state index contributed by atoms with van der Waals surface area (Å²) >= 11 is 0. The number of amides is 1. The fourth-order valence-corrected chi connectivity index (χ4v) is 1.23. The molecule has 0 aliphatic rings. The summed E-state index contributed by atoms with van der Waals surface area (Å²) in [7, 11) is -0.980. The average molecular weight is 243 g/mol. The summed E-state index contributed by atoms with van der Waals surface area (Å²) in [6.45, 7) is 2.08. The first-order valence-electron chi connectivity index (χ1n) is 4.67. The first-order chi connectivity index (χ1) is 7.50. The van der Waals surface area contributed by atoms with Crippen LogP contribution in [-0.2, 0) is 10.8 Å². The molecule has 0 fully saturated rings. The number of aromatic amines is 1. The highest BCUT2D eigenvalue weighted by atomic mass is 32.2. The molecule has 2 unspecified atom stereocenters. The minimum absolute atomic E-state index is 0.119. The van der Waals surface area contributed by atoms with Crippen molar-refractivity contribution in [2.24, 2.45) is 0 Å². The van der Waals surface area contributed by atoms with Gasteiger partial charge in [0.2, 0.25) is 0 Å². The summed E-state index contributed by atoms with van der Waals surface area (Å²) in [6.07, 6.45) is 1.58. The number of carbonyl (C=O) groups excluding carboxylic acids is 1. The highest BCUT2D eigenvalue weighted by Gasteiger charge is 2.10. The molecule has 0 saturated carbocycles. The van der Waals surface area contributed by atoms with Gasteiger partial charge in [0.1, 0.15) is 5.69 Å². The van der Waals surface area contributed by atoms with Crippen LogP contribution in [-0.4, -0.2) is 38.4 Å². The van der Waals surface area contributed by atoms with E-state index in [4.69, 9.17) is 0 Å². The summed E-state index contributed by atoms with van der Waals surface area (Å²) in [4.78, 5) is 22.2. The van der Waals surface area contributed by atoms with Gasteiger partial charge < -0.3 is 5.32 Å². The van der Waals surface area contributed by atoms with Gasteiger partial charge in [0, 0.05) is 34.9 Å². The Morgan fingerprint density at radius 3 is 2.81 bits per heavy atom. The third kappa shape index (κ3) is 3.58. The first-order valence-corrected chi connectivity index (χ1v) is 6.29. The lowest BCUT2D eigenvalue weighted by Gasteiger charge is -2.08. The van der Waals surface area contributed by atoms with Crippen LogP contribution in [0.25, 0.3) is 0 Å². The number of H-pyrrole nitrogens is 1. The van der Waals surface area contributed by atoms with Gasteiger partial charge in [-0.25, -0.2) is 5.10 Å². The second-order valence-electron chi connectivity index (χ2n) is 3.33. The molecule has 2 atom stereocenters. The molecular weight excluding hydrogens is 230 g/mol. The molecule has 0 aromatic carbocycles. The maximum absolute atomic E-state index is 11.5. The van der Waals surface area contributed by atoms with Crippen molar-refractivity contribution in [1.29, 1.82) is 0 Å². The zero-order chi connectivity index (χ0) is 12.1. The molecule has 6 nitrogen and oxygen atoms in total. The SMILES string of the molecule is CC(CNC(=O)c1ccc(=O)[nH]n1)S(C)=O. The molecule has 0 bridgehead atoms. The van der Waals surface area contributed by atoms with Crippen LogP contribution >= 0.6 is 0 Å². The molecular formula is C9H13N3O3S. The molecule has 88 valence electrons. The summed E-state index contributed by atoms with van der Waals surface area (Å²) < 4.78 is 11.0. The highest BCUT2D eigenvalue weighted by Crippen LogP contribution is 1.92. The van der Waals surface area contributed by atoms with Crippen molar-refractivity contribution in [3.05, 3.63) is 28.2 Å². The third-order valence-corrected chi connectivity index (χ3v) is 3.33. The number of aromatic nitrogens is 2. The minimum Gasteiger partial charge on any atom is -0.349 e. The Labute approximate surface area is 94.9 Å². The molecule has 1 amide bonds. The third-order valence-electron chi connectivity index (χ3n) is 2.03. The van der Waals surface area contributed by atoms with E-state index in [9.17, 15) is 13.8 Å². The first kappa shape index (κ1) is 12.6. The zero-order valence-corrected chi connectivity index (χ0v) is 9.84. The summed E-state index contributed by atoms with van der Waals surface area (Å²) in [5, 5.41) is 8.20. The van der Waals surface area contributed by atoms with Gasteiger partial charge in [-0.15, -0.1) is 0 Å². The molecule has 2 N–H and O–H groups in total. The molecule has 1 heterocycles. The van der Waals surface area contributed by atoms with Crippen molar-refractivity contribution in [1.82, 2.24) is 15.5 Å². The van der Waals surface area contributed by atoms with E-state index in [-0.39, 0.29) is 16.5 Å². The molecule has 1 rings (SSSR count). The van der Waals surface area contributed by atoms with Gasteiger partial charge in [0.05, 0.1) is 0 Å². The van der Waals surface area contributed by atoms with E-state index in [1.165, 1.54) is 12.1 Å². The molecule has 16 heavy (non-hydrogen) atoms. The van der Waals surface area contributed by atoms with E-state index in [1.54, 1.807) is 13.2 Å². The van der Waals surface area contributed by atoms with Gasteiger partial charge in [-0.3, -0.25) is 13.8 Å². The minimum atomic E-state index is -0.980. The summed E-state index contributed by atoms with van der Waals surface area (Å²) in [6, 6.07) is 2.56. The van der Waals surface area contributed by atoms with Gasteiger partial charge >= 0.3 is 0 Å². The molecule has 0 aliphatic heterocycles. The number of nitrogens with one attached hydrogen (secondary N) is 2. The topological polar surface area (TPSA) is 91.9 Å². The lowest BCUT2D eigenvalue weighted by molar-refractivity contribution is 0.0948. The standard InChI is InChI=1S/C9H13N3O3S/c1-6(16(2)15)5-10-9(14)7-3-4-8(13)12-11-7/h3-4,6H,5H2,1-2H3,(H,10,14)(H,12,13). The van der Waals surface area contributed by atoms with Crippen LogP contribution < -0.4 is 10.9 Å². The number of hydrogen-bond donors (Lipinski definition) is 2. The number of carbonyl (C=O) groups is 1. The Morgan fingerprint density at radius 2 is 2.31 bits per heavy atom. The second kappa shape index (κ2) is 5.55. The Kier molecular flexibility index (Phi) is 4.36. The number of nitrogens with zero attached hydrogens (tertiary/aromatic N) is 1. The maximum Gasteiger partial charge on any atom is 0.271 e. The van der Waals surface area contributed by atoms with Crippen molar-refractivity contribution in [2.75, 3.05) is 12.8 Å². The van der Waals surface area contributed by atoms with E-state index < -0.39 is 16.7 Å². The van der Waals surface area contributed by atoms with Crippen molar-refractivity contribution >= 4 is 16.7 Å². The molecule has 0 saturated heterocycles. The van der Waals surface area contributed by atoms with Gasteiger partial charge in [0.25, 0.3) is 11.5 Å². The average Bonchev–Trinajstić information content (AvgIpc) is 2.26. The fourth-order valence-electron chi connectivity index (χ4n) is 0.915. The second-order valence-corrected chi connectivity index (χ2v) is 5.13. The monoisotopic (exact) mass is 243 g/mol. The van der Waals surface area contributed by atoms with E-state index in [0.717, 1.165) is 0 Å². The Bertz CT molecular complexity index is 437. The van der Waals surface area contributed by atoms with Crippen molar-refractivity contribution in [3.63, 3.8) is 0 Å². The Balaban J connectivity index is 2.56. The normalized spacial score (nSPS) is 14.1. The fraction of sp³-hybridized carbons (Fsp3) is 0.444. The van der Waals surface area contributed by atoms with Crippen LogP contribution in [0.2, 0.25) is 0 Å². The number of rotatable bonds is 4. The quantitative estimate of drug-likeness (QED) is 0.729. The largest absolute Gasteiger partial charge is 0.349 e. The van der Waals surface area contributed by atoms with Crippen LogP contribution in [0.5, 0.6) is 0 Å². The molecule has 7 heteroatoms. The van der Waals surface area contributed by atoms with Gasteiger partial charge in [0.15, 0.2) is 0 Å². The highest BCUT2D eigenvalue weighted by molar-refractivity contribution is 7.84. The van der Waals surface area contributed by atoms with Gasteiger partial charge in [-0.05, 0) is 13.0 Å². The van der Waals surface area contributed by atoms with Gasteiger partial charge in [-0.1, -0.05) is 0 Å². The van der Waals surface area contributed by atoms with Crippen molar-refractivity contribution in [3.8, 4) is 0 Å².